The molecule has 0 heterocycles. The lowest BCUT2D eigenvalue weighted by Gasteiger charge is -2.36. The Bertz CT molecular complexity index is 347. The van der Waals surface area contributed by atoms with Crippen molar-refractivity contribution in [3.05, 3.63) is 0 Å². The molecule has 0 rings (SSSR count). The van der Waals surface area contributed by atoms with Crippen LogP contribution in [0.25, 0.3) is 0 Å². The highest BCUT2D eigenvalue weighted by Gasteiger charge is 2.13. The van der Waals surface area contributed by atoms with Crippen molar-refractivity contribution in [2.24, 2.45) is 0 Å². The second-order valence-corrected chi connectivity index (χ2v) is 9.32. The minimum Gasteiger partial charge on any atom is -0.822 e. The zero-order valence-corrected chi connectivity index (χ0v) is 19.4. The fraction of sp³-hybridized carbons (Fsp3) is 1.00. The van der Waals surface area contributed by atoms with E-state index in [4.69, 9.17) is 19.2 Å². The first-order chi connectivity index (χ1) is 12.6. The summed E-state index contributed by atoms with van der Waals surface area (Å²) in [5.74, 6) is 0. The van der Waals surface area contributed by atoms with Crippen molar-refractivity contribution in [1.29, 1.82) is 0 Å². The van der Waals surface area contributed by atoms with Crippen LogP contribution in [0.5, 0.6) is 0 Å². The van der Waals surface area contributed by atoms with E-state index in [9.17, 15) is 0 Å². The number of hydrogen-bond donors (Lipinski definition) is 0. The first-order valence-corrected chi connectivity index (χ1v) is 12.6. The van der Waals surface area contributed by atoms with E-state index in [0.717, 1.165) is 0 Å². The third kappa shape index (κ3) is 34.0. The fourth-order valence-corrected chi connectivity index (χ4v) is 3.28. The average molecular weight is 410 g/mol. The Balaban J connectivity index is -0.000000396. The molecule has 0 aliphatic rings. The molecule has 0 amide bonds. The summed E-state index contributed by atoms with van der Waals surface area (Å²) in [6.45, 7) is 7.35. The first-order valence-electron chi connectivity index (χ1n) is 11.2. The largest absolute Gasteiger partial charge is 1.00 e. The van der Waals surface area contributed by atoms with Gasteiger partial charge in [0, 0.05) is 0 Å². The van der Waals surface area contributed by atoms with Crippen LogP contribution in [0.3, 0.4) is 0 Å². The van der Waals surface area contributed by atoms with E-state index in [1.54, 1.807) is 0 Å². The van der Waals surface area contributed by atoms with Crippen LogP contribution >= 0.6 is 7.82 Å². The van der Waals surface area contributed by atoms with E-state index in [-0.39, 0.29) is 2.85 Å². The maximum Gasteiger partial charge on any atom is 1.00 e. The maximum atomic E-state index is 8.55. The molecule has 0 aliphatic heterocycles. The van der Waals surface area contributed by atoms with Gasteiger partial charge in [-0.15, -0.1) is 0 Å². The van der Waals surface area contributed by atoms with Crippen LogP contribution in [-0.4, -0.2) is 31.7 Å². The van der Waals surface area contributed by atoms with Gasteiger partial charge >= 0.3 is 2.85 Å². The van der Waals surface area contributed by atoms with Crippen LogP contribution in [0, 0.1) is 0 Å². The predicted molar refractivity (Wildman–Crippen MR) is 112 cm³/mol. The van der Waals surface area contributed by atoms with Gasteiger partial charge in [-0.25, -0.2) is 0 Å². The molecule has 0 aromatic carbocycles. The number of hydrogen-bond acceptors (Lipinski definition) is 4. The van der Waals surface area contributed by atoms with Crippen molar-refractivity contribution in [1.82, 2.24) is 0 Å². The van der Waals surface area contributed by atoms with E-state index >= 15 is 0 Å². The van der Waals surface area contributed by atoms with Crippen molar-refractivity contribution in [3.8, 4) is 0 Å². The normalized spacial score (nSPS) is 12.0. The van der Waals surface area contributed by atoms with E-state index < -0.39 is 7.82 Å². The van der Waals surface area contributed by atoms with E-state index in [2.05, 4.69) is 27.9 Å². The van der Waals surface area contributed by atoms with Crippen molar-refractivity contribution in [2.75, 3.05) is 27.2 Å². The molecule has 0 radical (unpaired) electrons. The Kier molecular flexibility index (Phi) is 21.0. The molecule has 0 aromatic heterocycles. The second-order valence-electron chi connectivity index (χ2n) is 8.43. The van der Waals surface area contributed by atoms with Gasteiger partial charge in [-0.1, -0.05) is 84.5 Å². The van der Waals surface area contributed by atoms with Gasteiger partial charge in [-0.05, 0) is 25.7 Å². The van der Waals surface area contributed by atoms with Crippen LogP contribution in [-0.2, 0) is 4.57 Å². The summed E-state index contributed by atoms with van der Waals surface area (Å²) in [5.41, 5.74) is 0. The minimum atomic E-state index is -5.39. The fourth-order valence-electron chi connectivity index (χ4n) is 3.28. The number of nitrogens with zero attached hydrogens (tertiary/aromatic N) is 1. The van der Waals surface area contributed by atoms with Gasteiger partial charge in [0.1, 0.15) is 0 Å². The predicted octanol–water partition coefficient (Wildman–Crippen LogP) is 4.35. The minimum absolute atomic E-state index is 0. The molecule has 0 spiro atoms. The summed E-state index contributed by atoms with van der Waals surface area (Å²) in [6, 6.07) is 0. The molecule has 0 saturated carbocycles. The lowest BCUT2D eigenvalue weighted by molar-refractivity contribution is -0.890. The topological polar surface area (TPSA) is 86.2 Å². The van der Waals surface area contributed by atoms with Gasteiger partial charge in [0.15, 0.2) is 0 Å². The molecular formula is C21H48NO4P. The molecule has 0 aliphatic carbocycles. The zero-order chi connectivity index (χ0) is 21.0. The van der Waals surface area contributed by atoms with Gasteiger partial charge in [0.05, 0.1) is 27.2 Å². The van der Waals surface area contributed by atoms with Gasteiger partial charge < -0.3 is 23.7 Å². The Morgan fingerprint density at radius 2 is 0.815 bits per heavy atom. The molecule has 0 N–H and O–H groups in total. The molecular weight excluding hydrogens is 361 g/mol. The summed E-state index contributed by atoms with van der Waals surface area (Å²) in [4.78, 5) is 25.6. The average Bonchev–Trinajstić information content (AvgIpc) is 2.55. The van der Waals surface area contributed by atoms with Crippen molar-refractivity contribution in [2.45, 2.75) is 110 Å². The number of phosphoric acid groups is 1. The highest BCUT2D eigenvalue weighted by atomic mass is 31.2. The van der Waals surface area contributed by atoms with Crippen LogP contribution < -0.4 is 14.7 Å². The number of quaternary nitrogens is 1. The van der Waals surface area contributed by atoms with Gasteiger partial charge in [-0.2, -0.15) is 7.82 Å². The Morgan fingerprint density at radius 1 is 0.593 bits per heavy atom. The molecule has 27 heavy (non-hydrogen) atoms. The SMILES string of the molecule is CCCCCCCCCCCC[N+](C)(C)CCCCCCC.O=P([O-])([O-])[O-].[H+].[H+]. The third-order valence-corrected chi connectivity index (χ3v) is 4.98. The highest BCUT2D eigenvalue weighted by Crippen LogP contribution is 2.12. The lowest BCUT2D eigenvalue weighted by Crippen LogP contribution is -2.41. The van der Waals surface area contributed by atoms with E-state index in [1.165, 1.54) is 114 Å². The molecule has 0 atom stereocenters. The molecule has 6 heteroatoms. The summed E-state index contributed by atoms with van der Waals surface area (Å²) in [7, 11) is -0.541. The number of unbranched alkanes of at least 4 members (excludes halogenated alkanes) is 13. The smallest absolute Gasteiger partial charge is 0.822 e. The Morgan fingerprint density at radius 3 is 1.07 bits per heavy atom. The molecule has 5 nitrogen and oxygen atoms in total. The Hall–Kier alpha value is 0.0700. The van der Waals surface area contributed by atoms with Gasteiger partial charge in [-0.3, -0.25) is 0 Å². The summed E-state index contributed by atoms with van der Waals surface area (Å²) >= 11 is 0. The lowest BCUT2D eigenvalue weighted by atomic mass is 10.1. The zero-order valence-electron chi connectivity index (χ0n) is 20.5. The third-order valence-electron chi connectivity index (χ3n) is 4.98. The number of rotatable bonds is 17. The van der Waals surface area contributed by atoms with Crippen LogP contribution in [0.2, 0.25) is 0 Å². The van der Waals surface area contributed by atoms with Crippen molar-refractivity contribution in [3.63, 3.8) is 0 Å². The van der Waals surface area contributed by atoms with Crippen LogP contribution in [0.15, 0.2) is 0 Å². The molecule has 0 unspecified atom stereocenters. The summed E-state index contributed by atoms with van der Waals surface area (Å²) in [6.07, 6.45) is 21.6. The summed E-state index contributed by atoms with van der Waals surface area (Å²) in [5, 5.41) is 0. The molecule has 166 valence electrons. The first kappa shape index (κ1) is 29.3. The molecule has 0 bridgehead atoms. The van der Waals surface area contributed by atoms with E-state index in [1.807, 2.05) is 0 Å². The van der Waals surface area contributed by atoms with Gasteiger partial charge in [0.25, 0.3) is 0 Å². The van der Waals surface area contributed by atoms with E-state index in [0.29, 0.717) is 0 Å². The Labute approximate surface area is 172 Å². The van der Waals surface area contributed by atoms with Gasteiger partial charge in [0.2, 0.25) is 0 Å². The highest BCUT2D eigenvalue weighted by molar-refractivity contribution is 7.40. The van der Waals surface area contributed by atoms with Crippen LogP contribution in [0.1, 0.15) is 113 Å². The van der Waals surface area contributed by atoms with Crippen molar-refractivity contribution < 1.29 is 26.6 Å². The molecule has 0 fully saturated rings. The monoisotopic (exact) mass is 409 g/mol. The quantitative estimate of drug-likeness (QED) is 0.203. The summed E-state index contributed by atoms with van der Waals surface area (Å²) < 4.78 is 9.79. The molecule has 0 saturated heterocycles. The van der Waals surface area contributed by atoms with Crippen LogP contribution in [0.4, 0.5) is 0 Å². The van der Waals surface area contributed by atoms with Crippen molar-refractivity contribution >= 4 is 7.82 Å². The second kappa shape index (κ2) is 19.4. The maximum absolute atomic E-state index is 8.55. The molecule has 0 aromatic rings. The standard InChI is InChI=1S/C21H46N.H3O4P/c1-5-7-9-11-12-13-14-15-17-19-21-22(3,4)20-18-16-10-8-6-2;1-5(2,3)4/h5-21H2,1-4H3;(H3,1,2,3,4)/q+1;/p-1.